The highest BCUT2D eigenvalue weighted by atomic mass is 16.5. The molecule has 1 aromatic heterocycles. The van der Waals surface area contributed by atoms with Crippen molar-refractivity contribution in [2.75, 3.05) is 19.5 Å². The smallest absolute Gasteiger partial charge is 0.255 e. The fourth-order valence-electron chi connectivity index (χ4n) is 2.46. The first-order valence-corrected chi connectivity index (χ1v) is 8.20. The Morgan fingerprint density at radius 1 is 1.08 bits per heavy atom. The molecule has 25 heavy (non-hydrogen) atoms. The monoisotopic (exact) mass is 343 g/mol. The number of ether oxygens (including phenoxy) is 2. The molecule has 0 bridgehead atoms. The topological polar surface area (TPSA) is 72.5 Å². The minimum absolute atomic E-state index is 0.182. The molecule has 2 aromatic rings. The Morgan fingerprint density at radius 2 is 1.80 bits per heavy atom. The molecule has 0 spiro atoms. The predicted molar refractivity (Wildman–Crippen MR) is 98.4 cm³/mol. The number of hydrogen-bond donors (Lipinski definition) is 2. The Morgan fingerprint density at radius 3 is 2.44 bits per heavy atom. The zero-order valence-corrected chi connectivity index (χ0v) is 15.3. The number of benzene rings is 1. The number of aromatic nitrogens is 1. The van der Waals surface area contributed by atoms with Crippen LogP contribution in [0.5, 0.6) is 11.5 Å². The molecule has 1 aromatic carbocycles. The Balaban J connectivity index is 2.18. The van der Waals surface area contributed by atoms with E-state index in [2.05, 4.69) is 15.6 Å². The van der Waals surface area contributed by atoms with Crippen molar-refractivity contribution in [2.24, 2.45) is 0 Å². The molecule has 2 N–H and O–H groups in total. The molecule has 6 heteroatoms. The third-order valence-electron chi connectivity index (χ3n) is 3.73. The number of carbonyl (C=O) groups is 1. The molecule has 134 valence electrons. The molecule has 0 aliphatic carbocycles. The number of nitrogens with zero attached hydrogens (tertiary/aromatic N) is 1. The summed E-state index contributed by atoms with van der Waals surface area (Å²) in [6.45, 7) is 5.93. The third kappa shape index (κ3) is 4.62. The molecule has 2 rings (SSSR count). The highest BCUT2D eigenvalue weighted by Gasteiger charge is 2.17. The van der Waals surface area contributed by atoms with E-state index in [9.17, 15) is 4.79 Å². The molecule has 0 aliphatic heterocycles. The van der Waals surface area contributed by atoms with Gasteiger partial charge in [-0.2, -0.15) is 0 Å². The minimum atomic E-state index is -0.195. The van der Waals surface area contributed by atoms with E-state index in [1.54, 1.807) is 32.5 Å². The molecular weight excluding hydrogens is 318 g/mol. The summed E-state index contributed by atoms with van der Waals surface area (Å²) in [5.74, 6) is 1.68. The number of hydrogen-bond acceptors (Lipinski definition) is 5. The van der Waals surface area contributed by atoms with E-state index < -0.39 is 0 Å². The number of pyridine rings is 1. The van der Waals surface area contributed by atoms with Crippen molar-refractivity contribution >= 4 is 11.7 Å². The standard InChI is InChI=1S/C19H25N3O3/c1-12(2)21-18-15(7-6-10-20-18)19(23)22-13(3)14-8-9-16(24-4)17(11-14)25-5/h6-13H,1-5H3,(H,20,21)(H,22,23). The molecule has 0 saturated heterocycles. The van der Waals surface area contributed by atoms with Gasteiger partial charge >= 0.3 is 0 Å². The lowest BCUT2D eigenvalue weighted by atomic mass is 10.1. The van der Waals surface area contributed by atoms with Crippen molar-refractivity contribution < 1.29 is 14.3 Å². The summed E-state index contributed by atoms with van der Waals surface area (Å²) in [6, 6.07) is 9.09. The minimum Gasteiger partial charge on any atom is -0.493 e. The maximum Gasteiger partial charge on any atom is 0.255 e. The second-order valence-corrected chi connectivity index (χ2v) is 6.01. The van der Waals surface area contributed by atoms with E-state index in [0.29, 0.717) is 22.9 Å². The van der Waals surface area contributed by atoms with Crippen LogP contribution in [0.3, 0.4) is 0 Å². The van der Waals surface area contributed by atoms with E-state index in [1.165, 1.54) is 0 Å². The Labute approximate surface area is 148 Å². The quantitative estimate of drug-likeness (QED) is 0.806. The summed E-state index contributed by atoms with van der Waals surface area (Å²) in [7, 11) is 3.18. The average molecular weight is 343 g/mol. The summed E-state index contributed by atoms with van der Waals surface area (Å²) in [5.41, 5.74) is 1.44. The van der Waals surface area contributed by atoms with Crippen LogP contribution in [0.2, 0.25) is 0 Å². The van der Waals surface area contributed by atoms with Crippen molar-refractivity contribution in [1.82, 2.24) is 10.3 Å². The summed E-state index contributed by atoms with van der Waals surface area (Å²) in [4.78, 5) is 16.9. The van der Waals surface area contributed by atoms with Crippen LogP contribution in [0.15, 0.2) is 36.5 Å². The van der Waals surface area contributed by atoms with E-state index in [4.69, 9.17) is 9.47 Å². The van der Waals surface area contributed by atoms with Gasteiger partial charge in [0.2, 0.25) is 0 Å². The lowest BCUT2D eigenvalue weighted by molar-refractivity contribution is 0.0940. The summed E-state index contributed by atoms with van der Waals surface area (Å²) < 4.78 is 10.6. The van der Waals surface area contributed by atoms with Gasteiger partial charge in [-0.05, 0) is 50.6 Å². The molecule has 1 amide bonds. The zero-order chi connectivity index (χ0) is 18.4. The van der Waals surface area contributed by atoms with Gasteiger partial charge in [-0.3, -0.25) is 4.79 Å². The van der Waals surface area contributed by atoms with Crippen LogP contribution in [0, 0.1) is 0 Å². The molecular formula is C19H25N3O3. The van der Waals surface area contributed by atoms with E-state index in [-0.39, 0.29) is 18.0 Å². The molecule has 1 heterocycles. The number of nitrogens with one attached hydrogen (secondary N) is 2. The van der Waals surface area contributed by atoms with Gasteiger partial charge < -0.3 is 20.1 Å². The Kier molecular flexibility index (Phi) is 6.22. The maximum absolute atomic E-state index is 12.7. The fraction of sp³-hybridized carbons (Fsp3) is 0.368. The number of carbonyl (C=O) groups excluding carboxylic acids is 1. The highest BCUT2D eigenvalue weighted by molar-refractivity contribution is 5.98. The predicted octanol–water partition coefficient (Wildman–Crippen LogP) is 3.41. The number of anilines is 1. The summed E-state index contributed by atoms with van der Waals surface area (Å²) >= 11 is 0. The van der Waals surface area contributed by atoms with Gasteiger partial charge in [-0.15, -0.1) is 0 Å². The van der Waals surface area contributed by atoms with Crippen LogP contribution < -0.4 is 20.1 Å². The molecule has 1 unspecified atom stereocenters. The van der Waals surface area contributed by atoms with Crippen molar-refractivity contribution in [3.05, 3.63) is 47.7 Å². The van der Waals surface area contributed by atoms with Gasteiger partial charge in [0.1, 0.15) is 5.82 Å². The van der Waals surface area contributed by atoms with Crippen LogP contribution in [-0.2, 0) is 0 Å². The normalized spacial score (nSPS) is 11.8. The Bertz CT molecular complexity index is 732. The van der Waals surface area contributed by atoms with Crippen LogP contribution in [0.1, 0.15) is 42.7 Å². The molecule has 0 saturated carbocycles. The Hall–Kier alpha value is -2.76. The largest absolute Gasteiger partial charge is 0.493 e. The highest BCUT2D eigenvalue weighted by Crippen LogP contribution is 2.30. The van der Waals surface area contributed by atoms with Gasteiger partial charge in [-0.1, -0.05) is 6.07 Å². The first kappa shape index (κ1) is 18.6. The maximum atomic E-state index is 12.7. The van der Waals surface area contributed by atoms with Crippen molar-refractivity contribution in [3.63, 3.8) is 0 Å². The lowest BCUT2D eigenvalue weighted by Crippen LogP contribution is -2.28. The molecule has 0 fully saturated rings. The second-order valence-electron chi connectivity index (χ2n) is 6.01. The first-order chi connectivity index (χ1) is 12.0. The van der Waals surface area contributed by atoms with Gasteiger partial charge in [0.15, 0.2) is 11.5 Å². The molecule has 0 aliphatic rings. The van der Waals surface area contributed by atoms with E-state index in [0.717, 1.165) is 5.56 Å². The van der Waals surface area contributed by atoms with Crippen molar-refractivity contribution in [2.45, 2.75) is 32.9 Å². The first-order valence-electron chi connectivity index (χ1n) is 8.20. The van der Waals surface area contributed by atoms with Crippen LogP contribution >= 0.6 is 0 Å². The molecule has 1 atom stereocenters. The van der Waals surface area contributed by atoms with Crippen LogP contribution in [0.25, 0.3) is 0 Å². The van der Waals surface area contributed by atoms with Crippen molar-refractivity contribution in [1.29, 1.82) is 0 Å². The van der Waals surface area contributed by atoms with E-state index >= 15 is 0 Å². The average Bonchev–Trinajstić information content (AvgIpc) is 2.60. The van der Waals surface area contributed by atoms with Gasteiger partial charge in [-0.25, -0.2) is 4.98 Å². The van der Waals surface area contributed by atoms with Gasteiger partial charge in [0.25, 0.3) is 5.91 Å². The number of amides is 1. The van der Waals surface area contributed by atoms with Crippen LogP contribution in [0.4, 0.5) is 5.82 Å². The van der Waals surface area contributed by atoms with Gasteiger partial charge in [0, 0.05) is 12.2 Å². The zero-order valence-electron chi connectivity index (χ0n) is 15.3. The number of rotatable bonds is 7. The fourth-order valence-corrected chi connectivity index (χ4v) is 2.46. The molecule has 6 nitrogen and oxygen atoms in total. The van der Waals surface area contributed by atoms with Crippen molar-refractivity contribution in [3.8, 4) is 11.5 Å². The van der Waals surface area contributed by atoms with E-state index in [1.807, 2.05) is 39.0 Å². The lowest BCUT2D eigenvalue weighted by Gasteiger charge is -2.18. The second kappa shape index (κ2) is 8.37. The molecule has 0 radical (unpaired) electrons. The number of methoxy groups -OCH3 is 2. The summed E-state index contributed by atoms with van der Waals surface area (Å²) in [6.07, 6.45) is 1.67. The SMILES string of the molecule is COc1ccc(C(C)NC(=O)c2cccnc2NC(C)C)cc1OC. The van der Waals surface area contributed by atoms with Gasteiger partial charge in [0.05, 0.1) is 25.8 Å². The summed E-state index contributed by atoms with van der Waals surface area (Å²) in [5, 5.41) is 6.19. The van der Waals surface area contributed by atoms with Crippen LogP contribution in [-0.4, -0.2) is 31.2 Å². The third-order valence-corrected chi connectivity index (χ3v) is 3.73.